The van der Waals surface area contributed by atoms with E-state index in [9.17, 15) is 4.79 Å². The van der Waals surface area contributed by atoms with Gasteiger partial charge < -0.3 is 10.1 Å². The lowest BCUT2D eigenvalue weighted by molar-refractivity contribution is 0.0946. The molecule has 0 bridgehead atoms. The second-order valence-electron chi connectivity index (χ2n) is 7.06. The Morgan fingerprint density at radius 3 is 2.70 bits per heavy atom. The highest BCUT2D eigenvalue weighted by Crippen LogP contribution is 2.22. The van der Waals surface area contributed by atoms with Crippen molar-refractivity contribution in [3.63, 3.8) is 0 Å². The minimum absolute atomic E-state index is 0.238. The summed E-state index contributed by atoms with van der Waals surface area (Å²) in [5.74, 6) is 0.508. The van der Waals surface area contributed by atoms with E-state index < -0.39 is 0 Å². The molecule has 0 saturated carbocycles. The molecular weight excluding hydrogens is 378 g/mol. The number of rotatable bonds is 7. The number of para-hydroxylation sites is 1. The fourth-order valence-electron chi connectivity index (χ4n) is 3.20. The molecule has 0 saturated heterocycles. The number of benzene rings is 2. The first-order valence-corrected chi connectivity index (χ1v) is 9.87. The van der Waals surface area contributed by atoms with Crippen LogP contribution in [-0.2, 0) is 0 Å². The molecular formula is C23H23N5O2. The van der Waals surface area contributed by atoms with E-state index in [0.717, 1.165) is 27.9 Å². The van der Waals surface area contributed by atoms with Crippen LogP contribution in [0.25, 0.3) is 16.6 Å². The van der Waals surface area contributed by atoms with Crippen LogP contribution in [0.15, 0.2) is 60.8 Å². The first kappa shape index (κ1) is 19.6. The normalized spacial score (nSPS) is 10.9. The van der Waals surface area contributed by atoms with Crippen molar-refractivity contribution in [1.29, 1.82) is 0 Å². The molecule has 2 aromatic heterocycles. The van der Waals surface area contributed by atoms with Crippen molar-refractivity contribution in [2.24, 2.45) is 0 Å². The van der Waals surface area contributed by atoms with Crippen molar-refractivity contribution in [2.45, 2.75) is 20.3 Å². The Morgan fingerprint density at radius 1 is 1.07 bits per heavy atom. The molecule has 0 aliphatic carbocycles. The molecule has 0 spiro atoms. The standard InChI is InChI=1S/C23H23N5O2/c1-16-9-11-19(12-10-16)28-17(2)21(26-27-28)23(29)25-14-5-15-30-20-8-3-6-18-7-4-13-24-22(18)20/h3-4,6-13H,5,14-15H2,1-2H3,(H,25,29). The number of nitrogens with one attached hydrogen (secondary N) is 1. The van der Waals surface area contributed by atoms with E-state index in [1.807, 2.05) is 68.4 Å². The van der Waals surface area contributed by atoms with Crippen LogP contribution in [0.2, 0.25) is 0 Å². The second-order valence-corrected chi connectivity index (χ2v) is 7.06. The van der Waals surface area contributed by atoms with Gasteiger partial charge in [-0.05, 0) is 44.5 Å². The molecule has 4 rings (SSSR count). The number of carbonyl (C=O) groups excluding carboxylic acids is 1. The lowest BCUT2D eigenvalue weighted by Crippen LogP contribution is -2.26. The molecule has 0 fully saturated rings. The van der Waals surface area contributed by atoms with Crippen LogP contribution in [0.1, 0.15) is 28.2 Å². The molecule has 1 amide bonds. The van der Waals surface area contributed by atoms with E-state index in [1.165, 1.54) is 0 Å². The van der Waals surface area contributed by atoms with Gasteiger partial charge in [0.25, 0.3) is 5.91 Å². The van der Waals surface area contributed by atoms with Gasteiger partial charge in [-0.3, -0.25) is 9.78 Å². The SMILES string of the molecule is Cc1ccc(-n2nnc(C(=O)NCCCOc3cccc4cccnc34)c2C)cc1. The summed E-state index contributed by atoms with van der Waals surface area (Å²) >= 11 is 0. The monoisotopic (exact) mass is 401 g/mol. The number of nitrogens with zero attached hydrogens (tertiary/aromatic N) is 4. The van der Waals surface area contributed by atoms with Gasteiger partial charge in [0.15, 0.2) is 5.69 Å². The van der Waals surface area contributed by atoms with E-state index in [-0.39, 0.29) is 5.91 Å². The van der Waals surface area contributed by atoms with Gasteiger partial charge >= 0.3 is 0 Å². The average molecular weight is 401 g/mol. The highest BCUT2D eigenvalue weighted by molar-refractivity contribution is 5.93. The number of carbonyl (C=O) groups is 1. The van der Waals surface area contributed by atoms with E-state index in [4.69, 9.17) is 4.74 Å². The molecule has 1 N–H and O–H groups in total. The van der Waals surface area contributed by atoms with Crippen LogP contribution >= 0.6 is 0 Å². The molecule has 0 radical (unpaired) electrons. The summed E-state index contributed by atoms with van der Waals surface area (Å²) in [4.78, 5) is 16.9. The smallest absolute Gasteiger partial charge is 0.273 e. The number of fused-ring (bicyclic) bond motifs is 1. The van der Waals surface area contributed by atoms with Crippen LogP contribution < -0.4 is 10.1 Å². The van der Waals surface area contributed by atoms with E-state index in [2.05, 4.69) is 20.6 Å². The number of aromatic nitrogens is 4. The van der Waals surface area contributed by atoms with Gasteiger partial charge in [0.2, 0.25) is 0 Å². The fraction of sp³-hybridized carbons (Fsp3) is 0.217. The third kappa shape index (κ3) is 4.15. The first-order chi connectivity index (χ1) is 14.6. The van der Waals surface area contributed by atoms with Gasteiger partial charge in [0.05, 0.1) is 18.0 Å². The Labute approximate surface area is 174 Å². The minimum atomic E-state index is -0.238. The average Bonchev–Trinajstić information content (AvgIpc) is 3.15. The minimum Gasteiger partial charge on any atom is -0.491 e. The number of pyridine rings is 1. The molecule has 152 valence electrons. The Bertz CT molecular complexity index is 1160. The molecule has 2 aromatic carbocycles. The zero-order valence-electron chi connectivity index (χ0n) is 17.0. The molecule has 7 nitrogen and oxygen atoms in total. The lowest BCUT2D eigenvalue weighted by atomic mass is 10.2. The van der Waals surface area contributed by atoms with Crippen LogP contribution in [-0.4, -0.2) is 39.0 Å². The Hall–Kier alpha value is -3.74. The van der Waals surface area contributed by atoms with Gasteiger partial charge in [-0.2, -0.15) is 0 Å². The summed E-state index contributed by atoms with van der Waals surface area (Å²) in [5, 5.41) is 12.1. The Morgan fingerprint density at radius 2 is 1.87 bits per heavy atom. The van der Waals surface area contributed by atoms with Gasteiger partial charge in [-0.15, -0.1) is 5.10 Å². The number of ether oxygens (including phenoxy) is 1. The van der Waals surface area contributed by atoms with E-state index in [1.54, 1.807) is 10.9 Å². The van der Waals surface area contributed by atoms with Gasteiger partial charge in [0, 0.05) is 18.1 Å². The molecule has 0 atom stereocenters. The van der Waals surface area contributed by atoms with Crippen molar-refractivity contribution in [3.05, 3.63) is 77.7 Å². The summed E-state index contributed by atoms with van der Waals surface area (Å²) in [5.41, 5.74) is 3.91. The number of aryl methyl sites for hydroxylation is 1. The second kappa shape index (κ2) is 8.73. The van der Waals surface area contributed by atoms with Crippen molar-refractivity contribution in [3.8, 4) is 11.4 Å². The molecule has 0 aliphatic rings. The van der Waals surface area contributed by atoms with Crippen LogP contribution in [0, 0.1) is 13.8 Å². The van der Waals surface area contributed by atoms with E-state index in [0.29, 0.717) is 31.0 Å². The number of amides is 1. The molecule has 7 heteroatoms. The topological polar surface area (TPSA) is 81.9 Å². The van der Waals surface area contributed by atoms with E-state index >= 15 is 0 Å². The molecule has 4 aromatic rings. The quantitative estimate of drug-likeness (QED) is 0.478. The van der Waals surface area contributed by atoms with Gasteiger partial charge in [0.1, 0.15) is 11.3 Å². The summed E-state index contributed by atoms with van der Waals surface area (Å²) in [6.45, 7) is 4.82. The Balaban J connectivity index is 1.30. The summed E-state index contributed by atoms with van der Waals surface area (Å²) in [6.07, 6.45) is 2.42. The van der Waals surface area contributed by atoms with Crippen molar-refractivity contribution < 1.29 is 9.53 Å². The first-order valence-electron chi connectivity index (χ1n) is 9.87. The maximum Gasteiger partial charge on any atom is 0.273 e. The van der Waals surface area contributed by atoms with Crippen LogP contribution in [0.4, 0.5) is 0 Å². The summed E-state index contributed by atoms with van der Waals surface area (Å²) < 4.78 is 7.53. The fourth-order valence-corrected chi connectivity index (χ4v) is 3.20. The summed E-state index contributed by atoms with van der Waals surface area (Å²) in [6, 6.07) is 17.7. The maximum atomic E-state index is 12.5. The molecule has 2 heterocycles. The van der Waals surface area contributed by atoms with Crippen molar-refractivity contribution in [2.75, 3.05) is 13.2 Å². The third-order valence-electron chi connectivity index (χ3n) is 4.85. The van der Waals surface area contributed by atoms with Crippen molar-refractivity contribution in [1.82, 2.24) is 25.3 Å². The number of hydrogen-bond acceptors (Lipinski definition) is 5. The zero-order chi connectivity index (χ0) is 20.9. The van der Waals surface area contributed by atoms with Crippen molar-refractivity contribution >= 4 is 16.8 Å². The highest BCUT2D eigenvalue weighted by atomic mass is 16.5. The highest BCUT2D eigenvalue weighted by Gasteiger charge is 2.16. The largest absolute Gasteiger partial charge is 0.491 e. The number of hydrogen-bond donors (Lipinski definition) is 1. The lowest BCUT2D eigenvalue weighted by Gasteiger charge is -2.09. The predicted molar refractivity (Wildman–Crippen MR) is 115 cm³/mol. The van der Waals surface area contributed by atoms with Crippen LogP contribution in [0.3, 0.4) is 0 Å². The molecule has 30 heavy (non-hydrogen) atoms. The zero-order valence-corrected chi connectivity index (χ0v) is 17.0. The van der Waals surface area contributed by atoms with Crippen LogP contribution in [0.5, 0.6) is 5.75 Å². The Kier molecular flexibility index (Phi) is 5.70. The maximum absolute atomic E-state index is 12.5. The van der Waals surface area contributed by atoms with Gasteiger partial charge in [-0.1, -0.05) is 41.1 Å². The van der Waals surface area contributed by atoms with Gasteiger partial charge in [-0.25, -0.2) is 4.68 Å². The summed E-state index contributed by atoms with van der Waals surface area (Å²) in [7, 11) is 0. The molecule has 0 unspecified atom stereocenters. The third-order valence-corrected chi connectivity index (χ3v) is 4.85. The molecule has 0 aliphatic heterocycles. The predicted octanol–water partition coefficient (Wildman–Crippen LogP) is 3.63.